The molecule has 0 radical (unpaired) electrons. The summed E-state index contributed by atoms with van der Waals surface area (Å²) < 4.78 is 6.92. The second-order valence-corrected chi connectivity index (χ2v) is 8.31. The molecule has 0 saturated heterocycles. The van der Waals surface area contributed by atoms with Crippen LogP contribution in [0, 0.1) is 6.92 Å². The molecule has 29 heavy (non-hydrogen) atoms. The molecule has 0 saturated carbocycles. The zero-order valence-corrected chi connectivity index (χ0v) is 19.7. The van der Waals surface area contributed by atoms with Gasteiger partial charge in [-0.15, -0.1) is 11.8 Å². The highest BCUT2D eigenvalue weighted by molar-refractivity contribution is 14.1. The molecule has 1 amide bonds. The molecule has 0 fully saturated rings. The molecule has 0 aliphatic carbocycles. The number of aromatic nitrogens is 2. The van der Waals surface area contributed by atoms with Crippen LogP contribution < -0.4 is 15.4 Å². The Morgan fingerprint density at radius 2 is 2.17 bits per heavy atom. The van der Waals surface area contributed by atoms with Gasteiger partial charge in [-0.2, -0.15) is 0 Å². The third-order valence-corrected chi connectivity index (χ3v) is 5.94. The number of nitrogens with one attached hydrogen (secondary N) is 2. The van der Waals surface area contributed by atoms with Crippen molar-refractivity contribution in [2.75, 3.05) is 22.7 Å². The van der Waals surface area contributed by atoms with E-state index in [4.69, 9.17) is 16.3 Å². The Balaban J connectivity index is 1.89. The van der Waals surface area contributed by atoms with Crippen molar-refractivity contribution >= 4 is 68.5 Å². The summed E-state index contributed by atoms with van der Waals surface area (Å²) in [7, 11) is 1.61. The van der Waals surface area contributed by atoms with E-state index in [0.717, 1.165) is 37.3 Å². The van der Waals surface area contributed by atoms with Crippen LogP contribution in [-0.4, -0.2) is 33.2 Å². The molecular weight excluding hydrogens is 523 g/mol. The average molecular weight is 543 g/mol. The fourth-order valence-corrected chi connectivity index (χ4v) is 4.35. The molecule has 2 aromatic heterocycles. The van der Waals surface area contributed by atoms with E-state index in [1.54, 1.807) is 19.4 Å². The minimum Gasteiger partial charge on any atom is -0.487 e. The van der Waals surface area contributed by atoms with Crippen LogP contribution in [0.3, 0.4) is 0 Å². The normalized spacial score (nSPS) is 10.8. The number of pyridine rings is 2. The standard InChI is InChI=1S/C20H20ClIN4O2S/c1-12-6-16(25-11-22)13-4-3-5-17(20(13)26-12)28-9-14-15(21)7-24-8-18(14)29-10-19(27)23-2/h3-8H,9-11H2,1-2H3,(H,23,27)(H,25,26). The average Bonchev–Trinajstić information content (AvgIpc) is 2.71. The summed E-state index contributed by atoms with van der Waals surface area (Å²) in [6.07, 6.45) is 3.28. The highest BCUT2D eigenvalue weighted by atomic mass is 127. The molecule has 0 unspecified atom stereocenters. The monoisotopic (exact) mass is 542 g/mol. The Bertz CT molecular complexity index is 1030. The van der Waals surface area contributed by atoms with Crippen LogP contribution >= 0.6 is 46.0 Å². The largest absolute Gasteiger partial charge is 0.487 e. The predicted octanol–water partition coefficient (Wildman–Crippen LogP) is 4.81. The lowest BCUT2D eigenvalue weighted by Crippen LogP contribution is -2.19. The topological polar surface area (TPSA) is 76.1 Å². The van der Waals surface area contributed by atoms with Gasteiger partial charge < -0.3 is 15.4 Å². The van der Waals surface area contributed by atoms with Crippen LogP contribution in [0.5, 0.6) is 5.75 Å². The first-order valence-electron chi connectivity index (χ1n) is 8.82. The Morgan fingerprint density at radius 3 is 2.93 bits per heavy atom. The molecule has 3 rings (SSSR count). The molecule has 0 bridgehead atoms. The smallest absolute Gasteiger partial charge is 0.230 e. The van der Waals surface area contributed by atoms with Gasteiger partial charge in [-0.05, 0) is 19.1 Å². The van der Waals surface area contributed by atoms with Crippen LogP contribution in [0.25, 0.3) is 10.9 Å². The molecule has 0 atom stereocenters. The number of para-hydroxylation sites is 1. The maximum atomic E-state index is 11.6. The van der Waals surface area contributed by atoms with Gasteiger partial charge >= 0.3 is 0 Å². The zero-order chi connectivity index (χ0) is 20.8. The summed E-state index contributed by atoms with van der Waals surface area (Å²) in [6, 6.07) is 7.89. The van der Waals surface area contributed by atoms with E-state index in [-0.39, 0.29) is 18.3 Å². The van der Waals surface area contributed by atoms with E-state index in [9.17, 15) is 4.79 Å². The van der Waals surface area contributed by atoms with Gasteiger partial charge in [0, 0.05) is 46.7 Å². The maximum Gasteiger partial charge on any atom is 0.230 e. The van der Waals surface area contributed by atoms with Crippen LogP contribution in [-0.2, 0) is 11.4 Å². The molecule has 0 aliphatic heterocycles. The summed E-state index contributed by atoms with van der Waals surface area (Å²) in [6.45, 7) is 2.21. The fraction of sp³-hybridized carbons (Fsp3) is 0.250. The molecule has 1 aromatic carbocycles. The number of hydrogen-bond acceptors (Lipinski definition) is 6. The molecular formula is C20H20ClIN4O2S. The van der Waals surface area contributed by atoms with Crippen LogP contribution in [0.15, 0.2) is 41.6 Å². The number of benzene rings is 1. The van der Waals surface area contributed by atoms with Crippen molar-refractivity contribution in [3.63, 3.8) is 0 Å². The number of nitrogens with zero attached hydrogens (tertiary/aromatic N) is 2. The zero-order valence-electron chi connectivity index (χ0n) is 16.0. The molecule has 6 nitrogen and oxygen atoms in total. The number of rotatable bonds is 8. The third-order valence-electron chi connectivity index (χ3n) is 4.16. The molecule has 9 heteroatoms. The number of fused-ring (bicyclic) bond motifs is 1. The summed E-state index contributed by atoms with van der Waals surface area (Å²) in [5, 5.41) is 7.48. The van der Waals surface area contributed by atoms with Crippen LogP contribution in [0.4, 0.5) is 5.69 Å². The molecule has 152 valence electrons. The number of hydrogen-bond donors (Lipinski definition) is 2. The lowest BCUT2D eigenvalue weighted by Gasteiger charge is -2.15. The summed E-state index contributed by atoms with van der Waals surface area (Å²) >= 11 is 10.0. The Kier molecular flexibility index (Phi) is 7.79. The Hall–Kier alpha value is -1.78. The first-order chi connectivity index (χ1) is 14.0. The SMILES string of the molecule is CNC(=O)CSc1cncc(Cl)c1COc1cccc2c(NCI)cc(C)nc12. The Labute approximate surface area is 192 Å². The van der Waals surface area contributed by atoms with E-state index < -0.39 is 0 Å². The highest BCUT2D eigenvalue weighted by Crippen LogP contribution is 2.33. The van der Waals surface area contributed by atoms with Crippen molar-refractivity contribution in [3.8, 4) is 5.75 Å². The van der Waals surface area contributed by atoms with Gasteiger partial charge in [0.2, 0.25) is 5.91 Å². The van der Waals surface area contributed by atoms with Gasteiger partial charge in [-0.1, -0.05) is 46.3 Å². The van der Waals surface area contributed by atoms with Gasteiger partial charge in [0.05, 0.1) is 15.3 Å². The maximum absolute atomic E-state index is 11.6. The number of anilines is 1. The quantitative estimate of drug-likeness (QED) is 0.184. The molecule has 0 spiro atoms. The van der Waals surface area contributed by atoms with Crippen LogP contribution in [0.1, 0.15) is 11.3 Å². The van der Waals surface area contributed by atoms with Crippen LogP contribution in [0.2, 0.25) is 5.02 Å². The minimum atomic E-state index is -0.0640. The third kappa shape index (κ3) is 5.43. The number of amides is 1. The van der Waals surface area contributed by atoms with E-state index in [1.165, 1.54) is 11.8 Å². The van der Waals surface area contributed by atoms with Crippen molar-refractivity contribution in [2.45, 2.75) is 18.4 Å². The first kappa shape index (κ1) is 21.9. The van der Waals surface area contributed by atoms with Crippen molar-refractivity contribution in [1.82, 2.24) is 15.3 Å². The second-order valence-electron chi connectivity index (χ2n) is 6.12. The lowest BCUT2D eigenvalue weighted by molar-refractivity contribution is -0.118. The second kappa shape index (κ2) is 10.3. The fourth-order valence-electron chi connectivity index (χ4n) is 2.76. The van der Waals surface area contributed by atoms with Gasteiger partial charge in [0.15, 0.2) is 0 Å². The van der Waals surface area contributed by atoms with E-state index >= 15 is 0 Å². The van der Waals surface area contributed by atoms with E-state index in [2.05, 4.69) is 43.2 Å². The molecule has 2 N–H and O–H groups in total. The summed E-state index contributed by atoms with van der Waals surface area (Å²) in [4.78, 5) is 21.2. The lowest BCUT2D eigenvalue weighted by atomic mass is 10.1. The number of thioether (sulfide) groups is 1. The van der Waals surface area contributed by atoms with Gasteiger partial charge in [0.1, 0.15) is 17.9 Å². The number of halogens is 2. The summed E-state index contributed by atoms with van der Waals surface area (Å²) in [5.74, 6) is 0.898. The molecule has 3 aromatic rings. The molecule has 2 heterocycles. The van der Waals surface area contributed by atoms with Gasteiger partial charge in [0.25, 0.3) is 0 Å². The highest BCUT2D eigenvalue weighted by Gasteiger charge is 2.14. The van der Waals surface area contributed by atoms with Crippen molar-refractivity contribution < 1.29 is 9.53 Å². The van der Waals surface area contributed by atoms with Crippen molar-refractivity contribution in [3.05, 3.63) is 52.9 Å². The van der Waals surface area contributed by atoms with E-state index in [0.29, 0.717) is 10.8 Å². The number of alkyl halides is 1. The number of ether oxygens (including phenoxy) is 1. The Morgan fingerprint density at radius 1 is 1.34 bits per heavy atom. The van der Waals surface area contributed by atoms with E-state index in [1.807, 2.05) is 31.2 Å². The van der Waals surface area contributed by atoms with Crippen molar-refractivity contribution in [1.29, 1.82) is 0 Å². The number of carbonyl (C=O) groups is 1. The van der Waals surface area contributed by atoms with Gasteiger partial charge in [-0.25, -0.2) is 4.98 Å². The molecule has 0 aliphatic rings. The number of carbonyl (C=O) groups excluding carboxylic acids is 1. The number of aryl methyl sites for hydroxylation is 1. The van der Waals surface area contributed by atoms with Gasteiger partial charge in [-0.3, -0.25) is 9.78 Å². The first-order valence-corrected chi connectivity index (χ1v) is 11.7. The summed E-state index contributed by atoms with van der Waals surface area (Å²) in [5.41, 5.74) is 3.52. The predicted molar refractivity (Wildman–Crippen MR) is 127 cm³/mol. The van der Waals surface area contributed by atoms with Crippen molar-refractivity contribution in [2.24, 2.45) is 0 Å². The minimum absolute atomic E-state index is 0.0640.